The van der Waals surface area contributed by atoms with E-state index in [0.717, 1.165) is 11.1 Å². The number of aliphatic hydroxyl groups excluding tert-OH is 2. The maximum atomic E-state index is 10.5. The van der Waals surface area contributed by atoms with E-state index < -0.39 is 24.6 Å². The van der Waals surface area contributed by atoms with Crippen LogP contribution in [0.2, 0.25) is 0 Å². The highest BCUT2D eigenvalue weighted by Gasteiger charge is 2.24. The van der Waals surface area contributed by atoms with Crippen LogP contribution in [0.4, 0.5) is 0 Å². The molecule has 2 atom stereocenters. The molecule has 0 aromatic heterocycles. The molecule has 0 radical (unpaired) electrons. The Morgan fingerprint density at radius 2 is 2.12 bits per heavy atom. The van der Waals surface area contributed by atoms with Crippen molar-refractivity contribution in [3.05, 3.63) is 41.0 Å². The molecule has 4 heteroatoms. The average molecular weight is 234 g/mol. The number of aliphatic hydroxyl groups is 2. The summed E-state index contributed by atoms with van der Waals surface area (Å²) in [7, 11) is 0. The normalized spacial score (nSPS) is 16.6. The SMILES string of the molecule is O=C(O)CC(O)C(O)c1cccc2c1CC=C2. The molecule has 17 heavy (non-hydrogen) atoms. The number of benzene rings is 1. The van der Waals surface area contributed by atoms with Gasteiger partial charge in [0.15, 0.2) is 0 Å². The van der Waals surface area contributed by atoms with Crippen LogP contribution in [0, 0.1) is 0 Å². The number of carboxylic acid groups (broad SMARTS) is 1. The first-order chi connectivity index (χ1) is 8.09. The lowest BCUT2D eigenvalue weighted by Gasteiger charge is -2.19. The molecule has 3 N–H and O–H groups in total. The van der Waals surface area contributed by atoms with Gasteiger partial charge in [0.1, 0.15) is 6.10 Å². The van der Waals surface area contributed by atoms with Gasteiger partial charge in [0.25, 0.3) is 0 Å². The van der Waals surface area contributed by atoms with Gasteiger partial charge < -0.3 is 15.3 Å². The Labute approximate surface area is 98.8 Å². The van der Waals surface area contributed by atoms with Crippen molar-refractivity contribution in [3.63, 3.8) is 0 Å². The summed E-state index contributed by atoms with van der Waals surface area (Å²) >= 11 is 0. The van der Waals surface area contributed by atoms with Gasteiger partial charge in [-0.15, -0.1) is 0 Å². The number of carboxylic acids is 1. The Hall–Kier alpha value is -1.65. The average Bonchev–Trinajstić information content (AvgIpc) is 2.74. The van der Waals surface area contributed by atoms with E-state index in [4.69, 9.17) is 5.11 Å². The molecular formula is C13H14O4. The van der Waals surface area contributed by atoms with Crippen molar-refractivity contribution in [1.29, 1.82) is 0 Å². The van der Waals surface area contributed by atoms with Crippen LogP contribution in [0.5, 0.6) is 0 Å². The van der Waals surface area contributed by atoms with Crippen LogP contribution < -0.4 is 0 Å². The van der Waals surface area contributed by atoms with Crippen LogP contribution in [-0.4, -0.2) is 27.4 Å². The molecule has 1 aromatic rings. The molecule has 1 aliphatic rings. The number of hydrogen-bond acceptors (Lipinski definition) is 3. The van der Waals surface area contributed by atoms with E-state index >= 15 is 0 Å². The Morgan fingerprint density at radius 1 is 1.35 bits per heavy atom. The maximum Gasteiger partial charge on any atom is 0.306 e. The second kappa shape index (κ2) is 4.69. The standard InChI is InChI=1S/C13H14O4/c14-11(7-12(15)16)13(17)10-6-2-4-8-3-1-5-9(8)10/h1-4,6,11,13-14,17H,5,7H2,(H,15,16). The predicted octanol–water partition coefficient (Wildman–Crippen LogP) is 1.12. The molecule has 2 unspecified atom stereocenters. The molecule has 0 saturated heterocycles. The van der Waals surface area contributed by atoms with Crippen LogP contribution in [-0.2, 0) is 11.2 Å². The molecule has 0 heterocycles. The molecule has 0 spiro atoms. The van der Waals surface area contributed by atoms with Gasteiger partial charge in [0.05, 0.1) is 12.5 Å². The number of carbonyl (C=O) groups is 1. The first-order valence-electron chi connectivity index (χ1n) is 5.46. The summed E-state index contributed by atoms with van der Waals surface area (Å²) in [6.45, 7) is 0. The van der Waals surface area contributed by atoms with Crippen LogP contribution in [0.25, 0.3) is 6.08 Å². The van der Waals surface area contributed by atoms with E-state index in [2.05, 4.69) is 0 Å². The summed E-state index contributed by atoms with van der Waals surface area (Å²) in [5.74, 6) is -1.12. The summed E-state index contributed by atoms with van der Waals surface area (Å²) in [4.78, 5) is 10.5. The van der Waals surface area contributed by atoms with Gasteiger partial charge in [-0.05, 0) is 23.1 Å². The number of fused-ring (bicyclic) bond motifs is 1. The quantitative estimate of drug-likeness (QED) is 0.729. The van der Waals surface area contributed by atoms with Crippen LogP contribution in [0.3, 0.4) is 0 Å². The van der Waals surface area contributed by atoms with Gasteiger partial charge in [-0.1, -0.05) is 30.4 Å². The number of allylic oxidation sites excluding steroid dienone is 1. The lowest BCUT2D eigenvalue weighted by atomic mass is 9.94. The summed E-state index contributed by atoms with van der Waals surface area (Å²) < 4.78 is 0. The van der Waals surface area contributed by atoms with E-state index in [-0.39, 0.29) is 0 Å². The monoisotopic (exact) mass is 234 g/mol. The fourth-order valence-electron chi connectivity index (χ4n) is 2.09. The summed E-state index contributed by atoms with van der Waals surface area (Å²) in [5, 5.41) is 28.2. The number of aliphatic carboxylic acids is 1. The smallest absolute Gasteiger partial charge is 0.306 e. The van der Waals surface area contributed by atoms with Crippen LogP contribution in [0.15, 0.2) is 24.3 Å². The van der Waals surface area contributed by atoms with E-state index in [1.54, 1.807) is 12.1 Å². The lowest BCUT2D eigenvalue weighted by molar-refractivity contribution is -0.141. The molecule has 0 bridgehead atoms. The van der Waals surface area contributed by atoms with Crippen molar-refractivity contribution >= 4 is 12.0 Å². The van der Waals surface area contributed by atoms with Gasteiger partial charge in [-0.25, -0.2) is 0 Å². The molecule has 0 aliphatic heterocycles. The summed E-state index contributed by atoms with van der Waals surface area (Å²) in [5.41, 5.74) is 2.59. The predicted molar refractivity (Wildman–Crippen MR) is 62.4 cm³/mol. The third-order valence-corrected chi connectivity index (χ3v) is 2.93. The fraction of sp³-hybridized carbons (Fsp3) is 0.308. The van der Waals surface area contributed by atoms with Crippen molar-refractivity contribution in [2.24, 2.45) is 0 Å². The zero-order chi connectivity index (χ0) is 12.4. The molecule has 1 aromatic carbocycles. The Kier molecular flexibility index (Phi) is 3.26. The zero-order valence-corrected chi connectivity index (χ0v) is 9.21. The van der Waals surface area contributed by atoms with E-state index in [1.165, 1.54) is 0 Å². The van der Waals surface area contributed by atoms with Gasteiger partial charge in [-0.2, -0.15) is 0 Å². The van der Waals surface area contributed by atoms with Crippen molar-refractivity contribution < 1.29 is 20.1 Å². The number of hydrogen-bond donors (Lipinski definition) is 3. The minimum Gasteiger partial charge on any atom is -0.481 e. The third-order valence-electron chi connectivity index (χ3n) is 2.93. The molecular weight excluding hydrogens is 220 g/mol. The van der Waals surface area contributed by atoms with Crippen LogP contribution >= 0.6 is 0 Å². The molecule has 0 saturated carbocycles. The largest absolute Gasteiger partial charge is 0.481 e. The topological polar surface area (TPSA) is 77.8 Å². The van der Waals surface area contributed by atoms with Crippen molar-refractivity contribution in [3.8, 4) is 0 Å². The molecule has 2 rings (SSSR count). The fourth-order valence-corrected chi connectivity index (χ4v) is 2.09. The summed E-state index contributed by atoms with van der Waals surface area (Å²) in [6.07, 6.45) is 1.75. The third kappa shape index (κ3) is 2.38. The molecule has 4 nitrogen and oxygen atoms in total. The van der Waals surface area contributed by atoms with Gasteiger partial charge in [0.2, 0.25) is 0 Å². The van der Waals surface area contributed by atoms with Crippen LogP contribution in [0.1, 0.15) is 29.2 Å². The van der Waals surface area contributed by atoms with Crippen molar-refractivity contribution in [2.75, 3.05) is 0 Å². The maximum absolute atomic E-state index is 10.5. The first kappa shape index (κ1) is 11.8. The highest BCUT2D eigenvalue weighted by atomic mass is 16.4. The van der Waals surface area contributed by atoms with Crippen molar-refractivity contribution in [1.82, 2.24) is 0 Å². The van der Waals surface area contributed by atoms with Gasteiger partial charge >= 0.3 is 5.97 Å². The van der Waals surface area contributed by atoms with E-state index in [0.29, 0.717) is 12.0 Å². The molecule has 1 aliphatic carbocycles. The highest BCUT2D eigenvalue weighted by Crippen LogP contribution is 2.29. The minimum atomic E-state index is -1.28. The molecule has 0 amide bonds. The van der Waals surface area contributed by atoms with E-state index in [1.807, 2.05) is 18.2 Å². The van der Waals surface area contributed by atoms with Gasteiger partial charge in [0, 0.05) is 0 Å². The Balaban J connectivity index is 2.23. The van der Waals surface area contributed by atoms with E-state index in [9.17, 15) is 15.0 Å². The first-order valence-corrected chi connectivity index (χ1v) is 5.46. The number of rotatable bonds is 4. The van der Waals surface area contributed by atoms with Gasteiger partial charge in [-0.3, -0.25) is 4.79 Å². The lowest BCUT2D eigenvalue weighted by Crippen LogP contribution is -2.22. The van der Waals surface area contributed by atoms with Crippen molar-refractivity contribution in [2.45, 2.75) is 25.0 Å². The Morgan fingerprint density at radius 3 is 2.82 bits per heavy atom. The minimum absolute atomic E-state index is 0.460. The highest BCUT2D eigenvalue weighted by molar-refractivity contribution is 5.67. The molecule has 0 fully saturated rings. The second-order valence-electron chi connectivity index (χ2n) is 4.13. The zero-order valence-electron chi connectivity index (χ0n) is 9.21. The summed E-state index contributed by atoms with van der Waals surface area (Å²) in [6, 6.07) is 5.45. The molecule has 90 valence electrons. The second-order valence-corrected chi connectivity index (χ2v) is 4.13. The Bertz CT molecular complexity index is 464.